The van der Waals surface area contributed by atoms with Gasteiger partial charge in [0.1, 0.15) is 0 Å². The van der Waals surface area contributed by atoms with E-state index in [9.17, 15) is 4.79 Å². The first-order valence-corrected chi connectivity index (χ1v) is 6.19. The molecule has 0 saturated carbocycles. The van der Waals surface area contributed by atoms with Crippen LogP contribution < -0.4 is 0 Å². The summed E-state index contributed by atoms with van der Waals surface area (Å²) < 4.78 is 16.8. The van der Waals surface area contributed by atoms with Crippen LogP contribution in [0.5, 0.6) is 0 Å². The van der Waals surface area contributed by atoms with E-state index in [1.165, 1.54) is 0 Å². The number of hydrogen-bond donors (Lipinski definition) is 1. The van der Waals surface area contributed by atoms with Gasteiger partial charge < -0.3 is 19.3 Å². The van der Waals surface area contributed by atoms with Crippen LogP contribution in [0.2, 0.25) is 0 Å². The van der Waals surface area contributed by atoms with Crippen LogP contribution in [0.1, 0.15) is 32.6 Å². The Morgan fingerprint density at radius 2 is 2.29 bits per heavy atom. The summed E-state index contributed by atoms with van der Waals surface area (Å²) in [5.41, 5.74) is 0. The van der Waals surface area contributed by atoms with E-state index >= 15 is 0 Å². The maximum atomic E-state index is 10.5. The second-order valence-electron chi connectivity index (χ2n) is 5.05. The molecule has 0 bridgehead atoms. The van der Waals surface area contributed by atoms with Crippen molar-refractivity contribution in [3.8, 4) is 0 Å². The summed E-state index contributed by atoms with van der Waals surface area (Å²) in [5.74, 6) is -0.841. The van der Waals surface area contributed by atoms with Gasteiger partial charge in [-0.2, -0.15) is 0 Å². The second-order valence-corrected chi connectivity index (χ2v) is 5.05. The van der Waals surface area contributed by atoms with E-state index in [0.29, 0.717) is 18.9 Å². The van der Waals surface area contributed by atoms with Crippen LogP contribution >= 0.6 is 0 Å². The van der Waals surface area contributed by atoms with Crippen molar-refractivity contribution >= 4 is 5.97 Å². The molecule has 2 rings (SSSR count). The minimum atomic E-state index is -0.786. The molecule has 0 aromatic rings. The highest BCUT2D eigenvalue weighted by molar-refractivity contribution is 5.66. The van der Waals surface area contributed by atoms with E-state index in [4.69, 9.17) is 19.3 Å². The van der Waals surface area contributed by atoms with Crippen molar-refractivity contribution in [2.24, 2.45) is 5.92 Å². The van der Waals surface area contributed by atoms with Crippen molar-refractivity contribution in [1.82, 2.24) is 0 Å². The highest BCUT2D eigenvalue weighted by Gasteiger charge is 2.39. The van der Waals surface area contributed by atoms with Gasteiger partial charge in [-0.05, 0) is 25.7 Å². The summed E-state index contributed by atoms with van der Waals surface area (Å²) in [6.45, 7) is 4.04. The third kappa shape index (κ3) is 3.66. The van der Waals surface area contributed by atoms with Gasteiger partial charge in [-0.1, -0.05) is 0 Å². The smallest absolute Gasteiger partial charge is 0.303 e. The number of ether oxygens (including phenoxy) is 3. The van der Waals surface area contributed by atoms with E-state index in [0.717, 1.165) is 26.1 Å². The van der Waals surface area contributed by atoms with Crippen molar-refractivity contribution in [2.45, 2.75) is 44.5 Å². The molecule has 0 amide bonds. The first kappa shape index (κ1) is 12.8. The molecule has 2 heterocycles. The molecule has 5 heteroatoms. The molecular weight excluding hydrogens is 224 g/mol. The Balaban J connectivity index is 1.76. The zero-order valence-electron chi connectivity index (χ0n) is 10.2. The number of carboxylic acids is 1. The van der Waals surface area contributed by atoms with Crippen molar-refractivity contribution in [3.63, 3.8) is 0 Å². The summed E-state index contributed by atoms with van der Waals surface area (Å²) in [6.07, 6.45) is 2.46. The summed E-state index contributed by atoms with van der Waals surface area (Å²) in [6, 6.07) is 0. The predicted octanol–water partition coefficient (Wildman–Crippen LogP) is 1.41. The lowest BCUT2D eigenvalue weighted by atomic mass is 9.99. The zero-order valence-corrected chi connectivity index (χ0v) is 10.2. The van der Waals surface area contributed by atoms with Crippen LogP contribution in [0.25, 0.3) is 0 Å². The Labute approximate surface area is 101 Å². The molecule has 17 heavy (non-hydrogen) atoms. The number of hydrogen-bond acceptors (Lipinski definition) is 4. The monoisotopic (exact) mass is 244 g/mol. The number of aliphatic carboxylic acids is 1. The van der Waals surface area contributed by atoms with E-state index < -0.39 is 11.8 Å². The maximum Gasteiger partial charge on any atom is 0.303 e. The van der Waals surface area contributed by atoms with Crippen molar-refractivity contribution in [3.05, 3.63) is 0 Å². The maximum absolute atomic E-state index is 10.5. The molecule has 0 aromatic heterocycles. The molecule has 3 atom stereocenters. The van der Waals surface area contributed by atoms with Gasteiger partial charge in [-0.3, -0.25) is 4.79 Å². The highest BCUT2D eigenvalue weighted by Crippen LogP contribution is 2.33. The molecular formula is C12H20O5. The molecule has 98 valence electrons. The normalized spacial score (nSPS) is 37.5. The quantitative estimate of drug-likeness (QED) is 0.792. The molecule has 2 aliphatic heterocycles. The highest BCUT2D eigenvalue weighted by atomic mass is 16.7. The standard InChI is InChI=1S/C12H20O5/c1-12(6-9-4-5-15-7-9)16-8-10(17-12)2-3-11(13)14/h9-10H,2-8H2,1H3,(H,13,14). The van der Waals surface area contributed by atoms with Crippen LogP contribution in [0.4, 0.5) is 0 Å². The van der Waals surface area contributed by atoms with E-state index in [1.54, 1.807) is 0 Å². The molecule has 0 radical (unpaired) electrons. The molecule has 1 N–H and O–H groups in total. The second kappa shape index (κ2) is 5.33. The van der Waals surface area contributed by atoms with Crippen LogP contribution in [0.3, 0.4) is 0 Å². The fraction of sp³-hybridized carbons (Fsp3) is 0.917. The largest absolute Gasteiger partial charge is 0.481 e. The number of rotatable bonds is 5. The topological polar surface area (TPSA) is 65.0 Å². The zero-order chi connectivity index (χ0) is 12.3. The van der Waals surface area contributed by atoms with Crippen LogP contribution in [-0.2, 0) is 19.0 Å². The predicted molar refractivity (Wildman–Crippen MR) is 59.6 cm³/mol. The fourth-order valence-corrected chi connectivity index (χ4v) is 2.49. The Morgan fingerprint density at radius 3 is 2.94 bits per heavy atom. The van der Waals surface area contributed by atoms with Crippen molar-refractivity contribution in [2.75, 3.05) is 19.8 Å². The Hall–Kier alpha value is -0.650. The molecule has 2 aliphatic rings. The molecule has 3 unspecified atom stereocenters. The van der Waals surface area contributed by atoms with Gasteiger partial charge in [0, 0.05) is 26.1 Å². The molecule has 0 aromatic carbocycles. The molecule has 0 spiro atoms. The van der Waals surface area contributed by atoms with Crippen LogP contribution in [-0.4, -0.2) is 42.8 Å². The Bertz CT molecular complexity index is 274. The summed E-state index contributed by atoms with van der Waals surface area (Å²) in [5, 5.41) is 8.62. The molecule has 2 fully saturated rings. The van der Waals surface area contributed by atoms with Gasteiger partial charge >= 0.3 is 5.97 Å². The third-order valence-electron chi connectivity index (χ3n) is 3.35. The van der Waals surface area contributed by atoms with Crippen molar-refractivity contribution < 1.29 is 24.1 Å². The summed E-state index contributed by atoms with van der Waals surface area (Å²) in [4.78, 5) is 10.5. The first-order valence-electron chi connectivity index (χ1n) is 6.19. The number of carboxylic acid groups (broad SMARTS) is 1. The number of carbonyl (C=O) groups is 1. The minimum absolute atomic E-state index is 0.0848. The average Bonchev–Trinajstić information content (AvgIpc) is 2.86. The lowest BCUT2D eigenvalue weighted by molar-refractivity contribution is -0.167. The van der Waals surface area contributed by atoms with E-state index in [1.807, 2.05) is 6.92 Å². The average molecular weight is 244 g/mol. The van der Waals surface area contributed by atoms with Gasteiger partial charge in [0.25, 0.3) is 0 Å². The lowest BCUT2D eigenvalue weighted by Crippen LogP contribution is -2.30. The van der Waals surface area contributed by atoms with Crippen LogP contribution in [0.15, 0.2) is 0 Å². The summed E-state index contributed by atoms with van der Waals surface area (Å²) >= 11 is 0. The SMILES string of the molecule is CC1(CC2CCOC2)OCC(CCC(=O)O)O1. The van der Waals surface area contributed by atoms with Crippen molar-refractivity contribution in [1.29, 1.82) is 0 Å². The van der Waals surface area contributed by atoms with E-state index in [-0.39, 0.29) is 12.5 Å². The molecule has 0 aliphatic carbocycles. The first-order chi connectivity index (χ1) is 8.07. The fourth-order valence-electron chi connectivity index (χ4n) is 2.49. The van der Waals surface area contributed by atoms with Gasteiger partial charge in [-0.25, -0.2) is 0 Å². The minimum Gasteiger partial charge on any atom is -0.481 e. The van der Waals surface area contributed by atoms with Gasteiger partial charge in [0.05, 0.1) is 12.7 Å². The van der Waals surface area contributed by atoms with Crippen LogP contribution in [0, 0.1) is 5.92 Å². The Kier molecular flexibility index (Phi) is 4.01. The van der Waals surface area contributed by atoms with Gasteiger partial charge in [0.15, 0.2) is 5.79 Å². The van der Waals surface area contributed by atoms with Gasteiger partial charge in [0.2, 0.25) is 0 Å². The van der Waals surface area contributed by atoms with Gasteiger partial charge in [-0.15, -0.1) is 0 Å². The third-order valence-corrected chi connectivity index (χ3v) is 3.35. The molecule has 5 nitrogen and oxygen atoms in total. The van der Waals surface area contributed by atoms with E-state index in [2.05, 4.69) is 0 Å². The lowest BCUT2D eigenvalue weighted by Gasteiger charge is -2.25. The molecule has 2 saturated heterocycles. The Morgan fingerprint density at radius 1 is 1.47 bits per heavy atom. The summed E-state index contributed by atoms with van der Waals surface area (Å²) in [7, 11) is 0.